The SMILES string of the molecule is COc1ccccc1N=C(C)c1ccccc1O. The summed E-state index contributed by atoms with van der Waals surface area (Å²) < 4.78 is 5.24. The highest BCUT2D eigenvalue weighted by atomic mass is 16.5. The van der Waals surface area contributed by atoms with Gasteiger partial charge in [-0.15, -0.1) is 0 Å². The van der Waals surface area contributed by atoms with E-state index in [4.69, 9.17) is 4.74 Å². The zero-order valence-electron chi connectivity index (χ0n) is 10.4. The fourth-order valence-corrected chi connectivity index (χ4v) is 1.74. The summed E-state index contributed by atoms with van der Waals surface area (Å²) in [5.74, 6) is 0.945. The van der Waals surface area contributed by atoms with Crippen LogP contribution in [0.4, 0.5) is 5.69 Å². The van der Waals surface area contributed by atoms with Crippen LogP contribution in [0.3, 0.4) is 0 Å². The van der Waals surface area contributed by atoms with Crippen LogP contribution >= 0.6 is 0 Å². The van der Waals surface area contributed by atoms with Gasteiger partial charge in [0.25, 0.3) is 0 Å². The first kappa shape index (κ1) is 12.2. The summed E-state index contributed by atoms with van der Waals surface area (Å²) in [6.07, 6.45) is 0. The molecule has 2 aromatic carbocycles. The van der Waals surface area contributed by atoms with Crippen LogP contribution < -0.4 is 4.74 Å². The number of ether oxygens (including phenoxy) is 1. The molecule has 0 fully saturated rings. The van der Waals surface area contributed by atoms with E-state index in [9.17, 15) is 5.11 Å². The lowest BCUT2D eigenvalue weighted by Crippen LogP contribution is -1.94. The van der Waals surface area contributed by atoms with E-state index in [1.165, 1.54) is 0 Å². The van der Waals surface area contributed by atoms with Crippen molar-refractivity contribution in [2.75, 3.05) is 7.11 Å². The largest absolute Gasteiger partial charge is 0.507 e. The molecule has 0 amide bonds. The topological polar surface area (TPSA) is 41.8 Å². The molecule has 0 atom stereocenters. The minimum atomic E-state index is 0.230. The van der Waals surface area contributed by atoms with Gasteiger partial charge in [-0.3, -0.25) is 0 Å². The maximum atomic E-state index is 9.77. The molecule has 0 aliphatic carbocycles. The molecule has 0 aliphatic rings. The van der Waals surface area contributed by atoms with Gasteiger partial charge in [0.05, 0.1) is 7.11 Å². The predicted molar refractivity (Wildman–Crippen MR) is 73.0 cm³/mol. The molecule has 0 aromatic heterocycles. The standard InChI is InChI=1S/C15H15NO2/c1-11(12-7-3-5-9-14(12)17)16-13-8-4-6-10-15(13)18-2/h3-10,17H,1-2H3. The number of hydrogen-bond acceptors (Lipinski definition) is 3. The predicted octanol–water partition coefficient (Wildman–Crippen LogP) is 3.54. The maximum Gasteiger partial charge on any atom is 0.144 e. The summed E-state index contributed by atoms with van der Waals surface area (Å²) in [6.45, 7) is 1.86. The number of rotatable bonds is 3. The van der Waals surface area contributed by atoms with E-state index < -0.39 is 0 Å². The van der Waals surface area contributed by atoms with Gasteiger partial charge in [-0.05, 0) is 31.2 Å². The molecule has 0 heterocycles. The molecule has 3 nitrogen and oxygen atoms in total. The van der Waals surface area contributed by atoms with Crippen LogP contribution in [0.5, 0.6) is 11.5 Å². The third-order valence-electron chi connectivity index (χ3n) is 2.67. The number of phenols is 1. The molecule has 2 aromatic rings. The Morgan fingerprint density at radius 1 is 1.06 bits per heavy atom. The highest BCUT2D eigenvalue weighted by Crippen LogP contribution is 2.28. The molecular weight excluding hydrogens is 226 g/mol. The molecule has 0 radical (unpaired) electrons. The molecule has 3 heteroatoms. The quantitative estimate of drug-likeness (QED) is 0.835. The average Bonchev–Trinajstić information content (AvgIpc) is 2.39. The minimum absolute atomic E-state index is 0.230. The van der Waals surface area contributed by atoms with E-state index in [-0.39, 0.29) is 5.75 Å². The molecule has 0 unspecified atom stereocenters. The molecule has 92 valence electrons. The van der Waals surface area contributed by atoms with Gasteiger partial charge in [0.2, 0.25) is 0 Å². The molecule has 18 heavy (non-hydrogen) atoms. The van der Waals surface area contributed by atoms with Crippen molar-refractivity contribution in [3.8, 4) is 11.5 Å². The van der Waals surface area contributed by atoms with E-state index >= 15 is 0 Å². The van der Waals surface area contributed by atoms with Crippen LogP contribution in [-0.4, -0.2) is 17.9 Å². The zero-order valence-corrected chi connectivity index (χ0v) is 10.4. The van der Waals surface area contributed by atoms with Crippen molar-refractivity contribution in [1.82, 2.24) is 0 Å². The highest BCUT2D eigenvalue weighted by Gasteiger charge is 2.05. The number of hydrogen-bond donors (Lipinski definition) is 1. The Morgan fingerprint density at radius 3 is 2.44 bits per heavy atom. The number of benzene rings is 2. The van der Waals surface area contributed by atoms with Crippen LogP contribution in [0.1, 0.15) is 12.5 Å². The van der Waals surface area contributed by atoms with E-state index in [0.29, 0.717) is 5.75 Å². The van der Waals surface area contributed by atoms with Crippen LogP contribution in [-0.2, 0) is 0 Å². The van der Waals surface area contributed by atoms with Crippen LogP contribution in [0.15, 0.2) is 53.5 Å². The first-order valence-corrected chi connectivity index (χ1v) is 5.69. The Morgan fingerprint density at radius 2 is 1.72 bits per heavy atom. The summed E-state index contributed by atoms with van der Waals surface area (Å²) >= 11 is 0. The molecule has 0 aliphatic heterocycles. The summed E-state index contributed by atoms with van der Waals surface area (Å²) in [5.41, 5.74) is 2.22. The number of phenolic OH excluding ortho intramolecular Hbond substituents is 1. The third kappa shape index (κ3) is 2.51. The molecule has 1 N–H and O–H groups in total. The Balaban J connectivity index is 2.42. The molecule has 0 saturated carbocycles. The van der Waals surface area contributed by atoms with Gasteiger partial charge in [-0.1, -0.05) is 24.3 Å². The smallest absolute Gasteiger partial charge is 0.144 e. The summed E-state index contributed by atoms with van der Waals surface area (Å²) in [4.78, 5) is 4.49. The van der Waals surface area contributed by atoms with Crippen LogP contribution in [0.25, 0.3) is 0 Å². The summed E-state index contributed by atoms with van der Waals surface area (Å²) in [7, 11) is 1.61. The van der Waals surface area contributed by atoms with Crippen molar-refractivity contribution in [2.24, 2.45) is 4.99 Å². The van der Waals surface area contributed by atoms with Crippen molar-refractivity contribution in [3.63, 3.8) is 0 Å². The number of methoxy groups -OCH3 is 1. The summed E-state index contributed by atoms with van der Waals surface area (Å²) in [6, 6.07) is 14.7. The number of aromatic hydroxyl groups is 1. The van der Waals surface area contributed by atoms with E-state index in [1.807, 2.05) is 43.3 Å². The monoisotopic (exact) mass is 241 g/mol. The first-order valence-electron chi connectivity index (χ1n) is 5.69. The highest BCUT2D eigenvalue weighted by molar-refractivity contribution is 6.02. The number of aliphatic imine (C=N–C) groups is 1. The van der Waals surface area contributed by atoms with Crippen molar-refractivity contribution in [2.45, 2.75) is 6.92 Å². The zero-order chi connectivity index (χ0) is 13.0. The Kier molecular flexibility index (Phi) is 3.63. The second-order valence-electron chi connectivity index (χ2n) is 3.89. The normalized spacial score (nSPS) is 11.3. The Labute approximate surface area is 106 Å². The molecular formula is C15H15NO2. The fraction of sp³-hybridized carbons (Fsp3) is 0.133. The van der Waals surface area contributed by atoms with Crippen molar-refractivity contribution < 1.29 is 9.84 Å². The van der Waals surface area contributed by atoms with Gasteiger partial charge in [0.1, 0.15) is 17.2 Å². The fourth-order valence-electron chi connectivity index (χ4n) is 1.74. The van der Waals surface area contributed by atoms with Gasteiger partial charge in [0.15, 0.2) is 0 Å². The Hall–Kier alpha value is -2.29. The van der Waals surface area contributed by atoms with Crippen molar-refractivity contribution in [3.05, 3.63) is 54.1 Å². The third-order valence-corrected chi connectivity index (χ3v) is 2.67. The minimum Gasteiger partial charge on any atom is -0.507 e. The Bertz CT molecular complexity index is 576. The van der Waals surface area contributed by atoms with Crippen LogP contribution in [0, 0.1) is 0 Å². The van der Waals surface area contributed by atoms with E-state index in [1.54, 1.807) is 19.2 Å². The maximum absolute atomic E-state index is 9.77. The van der Waals surface area contributed by atoms with Gasteiger partial charge in [0, 0.05) is 11.3 Å². The van der Waals surface area contributed by atoms with Gasteiger partial charge < -0.3 is 9.84 Å². The van der Waals surface area contributed by atoms with Crippen molar-refractivity contribution in [1.29, 1.82) is 0 Å². The average molecular weight is 241 g/mol. The van der Waals surface area contributed by atoms with Crippen LogP contribution in [0.2, 0.25) is 0 Å². The lowest BCUT2D eigenvalue weighted by atomic mass is 10.1. The van der Waals surface area contributed by atoms with E-state index in [2.05, 4.69) is 4.99 Å². The molecule has 2 rings (SSSR count). The molecule has 0 saturated heterocycles. The number of para-hydroxylation sites is 3. The van der Waals surface area contributed by atoms with E-state index in [0.717, 1.165) is 17.0 Å². The molecule has 0 bridgehead atoms. The molecule has 0 spiro atoms. The van der Waals surface area contributed by atoms with Gasteiger partial charge >= 0.3 is 0 Å². The first-order chi connectivity index (χ1) is 8.72. The summed E-state index contributed by atoms with van der Waals surface area (Å²) in [5, 5.41) is 9.77. The number of nitrogens with zero attached hydrogens (tertiary/aromatic N) is 1. The second-order valence-corrected chi connectivity index (χ2v) is 3.89. The lowest BCUT2D eigenvalue weighted by molar-refractivity contribution is 0.416. The van der Waals surface area contributed by atoms with Crippen molar-refractivity contribution >= 4 is 11.4 Å². The van der Waals surface area contributed by atoms with Gasteiger partial charge in [-0.25, -0.2) is 4.99 Å². The second kappa shape index (κ2) is 5.36. The lowest BCUT2D eigenvalue weighted by Gasteiger charge is -2.06. The van der Waals surface area contributed by atoms with Gasteiger partial charge in [-0.2, -0.15) is 0 Å².